The van der Waals surface area contributed by atoms with Crippen molar-refractivity contribution in [2.75, 3.05) is 5.73 Å². The number of nitrogen functional groups attached to an aromatic ring is 1. The van der Waals surface area contributed by atoms with Crippen molar-refractivity contribution < 1.29 is 17.2 Å². The van der Waals surface area contributed by atoms with Crippen LogP contribution in [0.3, 0.4) is 0 Å². The second kappa shape index (κ2) is 7.17. The monoisotopic (exact) mass is 464 g/mol. The standard InChI is InChI=1S/C23H19FN5O3S/c1-12-4-6-13(7-5-12)21-28-29-22(32-21)18-20(25)26-11-16(27-18)14-8-9-17-15(10-14)19(24)23(2,3)33(17,30)31/h4-11,19H,1H2,2-3H3,(H2,25,26)/t19-/m1/s1. The average Bonchev–Trinajstić information content (AvgIpc) is 3.32. The average molecular weight is 465 g/mol. The van der Waals surface area contributed by atoms with E-state index in [1.54, 1.807) is 18.2 Å². The first-order valence-electron chi connectivity index (χ1n) is 10.0. The van der Waals surface area contributed by atoms with E-state index in [0.717, 1.165) is 5.56 Å². The van der Waals surface area contributed by atoms with Crippen molar-refractivity contribution in [1.29, 1.82) is 0 Å². The van der Waals surface area contributed by atoms with E-state index < -0.39 is 20.8 Å². The molecule has 0 saturated heterocycles. The van der Waals surface area contributed by atoms with Crippen molar-refractivity contribution >= 4 is 15.7 Å². The van der Waals surface area contributed by atoms with Crippen LogP contribution in [0.5, 0.6) is 0 Å². The second-order valence-electron chi connectivity index (χ2n) is 8.32. The fourth-order valence-electron chi connectivity index (χ4n) is 3.72. The van der Waals surface area contributed by atoms with E-state index in [9.17, 15) is 8.42 Å². The summed E-state index contributed by atoms with van der Waals surface area (Å²) >= 11 is 0. The number of aromatic nitrogens is 4. The molecule has 0 bridgehead atoms. The molecule has 33 heavy (non-hydrogen) atoms. The van der Waals surface area contributed by atoms with Gasteiger partial charge in [0, 0.05) is 16.7 Å². The summed E-state index contributed by atoms with van der Waals surface area (Å²) in [5.41, 5.74) is 8.68. The maximum Gasteiger partial charge on any atom is 0.270 e. The summed E-state index contributed by atoms with van der Waals surface area (Å²) in [7, 11) is -3.78. The summed E-state index contributed by atoms with van der Waals surface area (Å²) in [6.07, 6.45) is -0.242. The number of halogens is 1. The van der Waals surface area contributed by atoms with Gasteiger partial charge in [-0.1, -0.05) is 18.2 Å². The number of nitrogens with zero attached hydrogens (tertiary/aromatic N) is 4. The van der Waals surface area contributed by atoms with E-state index in [1.165, 1.54) is 32.2 Å². The van der Waals surface area contributed by atoms with Gasteiger partial charge in [0.2, 0.25) is 5.89 Å². The van der Waals surface area contributed by atoms with Crippen LogP contribution in [-0.4, -0.2) is 33.3 Å². The molecule has 1 aliphatic rings. The highest BCUT2D eigenvalue weighted by Crippen LogP contribution is 2.49. The summed E-state index contributed by atoms with van der Waals surface area (Å²) in [5, 5.41) is 8.08. The number of nitrogens with two attached hydrogens (primary N) is 1. The lowest BCUT2D eigenvalue weighted by atomic mass is 9.98. The minimum atomic E-state index is -3.78. The van der Waals surface area contributed by atoms with Gasteiger partial charge in [-0.3, -0.25) is 0 Å². The topological polar surface area (TPSA) is 125 Å². The molecule has 4 aromatic rings. The molecule has 5 rings (SSSR count). The summed E-state index contributed by atoms with van der Waals surface area (Å²) < 4.78 is 44.6. The third-order valence-electron chi connectivity index (χ3n) is 5.80. The number of benzene rings is 2. The number of hydrogen-bond acceptors (Lipinski definition) is 8. The van der Waals surface area contributed by atoms with Gasteiger partial charge in [-0.25, -0.2) is 22.8 Å². The lowest BCUT2D eigenvalue weighted by molar-refractivity contribution is 0.284. The first-order chi connectivity index (χ1) is 15.6. The van der Waals surface area contributed by atoms with E-state index in [2.05, 4.69) is 27.1 Å². The number of fused-ring (bicyclic) bond motifs is 1. The van der Waals surface area contributed by atoms with E-state index in [0.29, 0.717) is 16.8 Å². The van der Waals surface area contributed by atoms with Crippen LogP contribution in [0.4, 0.5) is 10.2 Å². The Bertz CT molecular complexity index is 1500. The van der Waals surface area contributed by atoms with Crippen molar-refractivity contribution in [3.8, 4) is 34.3 Å². The zero-order chi connectivity index (χ0) is 23.5. The molecule has 1 radical (unpaired) electrons. The Hall–Kier alpha value is -3.66. The Labute approximate surface area is 189 Å². The van der Waals surface area contributed by atoms with Crippen LogP contribution in [0.15, 0.2) is 58.0 Å². The van der Waals surface area contributed by atoms with Gasteiger partial charge in [0.1, 0.15) is 10.9 Å². The molecule has 10 heteroatoms. The summed E-state index contributed by atoms with van der Waals surface area (Å²) in [4.78, 5) is 8.64. The number of hydrogen-bond donors (Lipinski definition) is 1. The first-order valence-corrected chi connectivity index (χ1v) is 11.5. The third kappa shape index (κ3) is 3.20. The van der Waals surface area contributed by atoms with Crippen molar-refractivity contribution in [3.63, 3.8) is 0 Å². The van der Waals surface area contributed by atoms with Gasteiger partial charge in [-0.05, 0) is 50.6 Å². The molecule has 167 valence electrons. The van der Waals surface area contributed by atoms with Crippen LogP contribution >= 0.6 is 0 Å². The molecule has 2 aromatic carbocycles. The summed E-state index contributed by atoms with van der Waals surface area (Å²) in [6, 6.07) is 11.7. The summed E-state index contributed by atoms with van der Waals surface area (Å²) in [5.74, 6) is 0.431. The molecule has 3 heterocycles. The molecule has 1 atom stereocenters. The lowest BCUT2D eigenvalue weighted by Gasteiger charge is -2.19. The normalized spacial score (nSPS) is 18.2. The first kappa shape index (κ1) is 21.2. The predicted molar refractivity (Wildman–Crippen MR) is 120 cm³/mol. The van der Waals surface area contributed by atoms with Gasteiger partial charge in [0.05, 0.1) is 16.8 Å². The Morgan fingerprint density at radius 2 is 1.73 bits per heavy atom. The van der Waals surface area contributed by atoms with Gasteiger partial charge < -0.3 is 10.2 Å². The van der Waals surface area contributed by atoms with E-state index in [1.807, 2.05) is 12.1 Å². The van der Waals surface area contributed by atoms with Crippen LogP contribution in [0.1, 0.15) is 31.1 Å². The zero-order valence-electron chi connectivity index (χ0n) is 17.8. The van der Waals surface area contributed by atoms with Crippen molar-refractivity contribution in [1.82, 2.24) is 20.2 Å². The lowest BCUT2D eigenvalue weighted by Crippen LogP contribution is -2.30. The highest BCUT2D eigenvalue weighted by Gasteiger charge is 2.52. The molecule has 0 aliphatic carbocycles. The smallest absolute Gasteiger partial charge is 0.270 e. The molecule has 0 unspecified atom stereocenters. The molecular weight excluding hydrogens is 445 g/mol. The van der Waals surface area contributed by atoms with Crippen LogP contribution in [0, 0.1) is 6.92 Å². The van der Waals surface area contributed by atoms with Gasteiger partial charge in [0.15, 0.2) is 21.3 Å². The zero-order valence-corrected chi connectivity index (χ0v) is 18.6. The number of rotatable bonds is 3. The molecule has 8 nitrogen and oxygen atoms in total. The molecule has 0 fully saturated rings. The molecule has 0 spiro atoms. The van der Waals surface area contributed by atoms with Gasteiger partial charge >= 0.3 is 0 Å². The SMILES string of the molecule is [CH2]c1ccc(-c2nnc(-c3nc(-c4ccc5c(c4)[C@@H](F)C(C)(C)S5(=O)=O)cnc3N)o2)cc1. The molecule has 0 saturated carbocycles. The minimum Gasteiger partial charge on any atom is -0.414 e. The van der Waals surface area contributed by atoms with Crippen LogP contribution in [0.25, 0.3) is 34.3 Å². The van der Waals surface area contributed by atoms with Gasteiger partial charge in [0.25, 0.3) is 5.89 Å². The highest BCUT2D eigenvalue weighted by atomic mass is 32.2. The predicted octanol–water partition coefficient (Wildman–Crippen LogP) is 4.20. The Balaban J connectivity index is 1.55. The van der Waals surface area contributed by atoms with Gasteiger partial charge in [-0.15, -0.1) is 10.2 Å². The van der Waals surface area contributed by atoms with Crippen molar-refractivity contribution in [2.45, 2.75) is 29.7 Å². The third-order valence-corrected chi connectivity index (χ3v) is 8.34. The van der Waals surface area contributed by atoms with Gasteiger partial charge in [-0.2, -0.15) is 0 Å². The van der Waals surface area contributed by atoms with E-state index in [-0.39, 0.29) is 33.8 Å². The summed E-state index contributed by atoms with van der Waals surface area (Å²) in [6.45, 7) is 6.60. The quantitative estimate of drug-likeness (QED) is 0.478. The number of alkyl halides is 1. The second-order valence-corrected chi connectivity index (χ2v) is 10.8. The van der Waals surface area contributed by atoms with Crippen LogP contribution < -0.4 is 5.73 Å². The highest BCUT2D eigenvalue weighted by molar-refractivity contribution is 7.93. The van der Waals surface area contributed by atoms with Crippen molar-refractivity contribution in [2.24, 2.45) is 0 Å². The Morgan fingerprint density at radius 1 is 1.06 bits per heavy atom. The maximum atomic E-state index is 15.0. The molecular formula is C23H19FN5O3S. The fourth-order valence-corrected chi connectivity index (χ4v) is 5.41. The molecule has 1 aliphatic heterocycles. The number of anilines is 1. The molecule has 2 N–H and O–H groups in total. The Morgan fingerprint density at radius 3 is 2.45 bits per heavy atom. The minimum absolute atomic E-state index is 0.0118. The Kier molecular flexibility index (Phi) is 4.61. The number of sulfone groups is 1. The van der Waals surface area contributed by atoms with E-state index >= 15 is 4.39 Å². The maximum absolute atomic E-state index is 15.0. The fraction of sp³-hybridized carbons (Fsp3) is 0.174. The van der Waals surface area contributed by atoms with E-state index in [4.69, 9.17) is 10.2 Å². The molecule has 0 amide bonds. The molecule has 2 aromatic heterocycles. The van der Waals surface area contributed by atoms with Crippen molar-refractivity contribution in [3.05, 3.63) is 66.7 Å². The van der Waals surface area contributed by atoms with Crippen LogP contribution in [-0.2, 0) is 9.84 Å². The van der Waals surface area contributed by atoms with Crippen LogP contribution in [0.2, 0.25) is 0 Å². The largest absolute Gasteiger partial charge is 0.414 e.